The number of aryl methyl sites for hydroxylation is 1. The molecule has 1 aromatic heterocycles. The lowest BCUT2D eigenvalue weighted by Gasteiger charge is -2.11. The minimum Gasteiger partial charge on any atom is -0.465 e. The van der Waals surface area contributed by atoms with Crippen LogP contribution in [-0.2, 0) is 16.0 Å². The van der Waals surface area contributed by atoms with Crippen molar-refractivity contribution >= 4 is 28.6 Å². The van der Waals surface area contributed by atoms with Crippen molar-refractivity contribution in [2.24, 2.45) is 0 Å². The zero-order chi connectivity index (χ0) is 18.0. The molecule has 0 saturated carbocycles. The molecular weight excluding hydrogens is 340 g/mol. The lowest BCUT2D eigenvalue weighted by molar-refractivity contribution is 0.0602. The van der Waals surface area contributed by atoms with Gasteiger partial charge < -0.3 is 14.0 Å². The van der Waals surface area contributed by atoms with E-state index < -0.39 is 5.97 Å². The number of hydrogen-bond donors (Lipinski definition) is 0. The molecular formula is C19H19ClN2O3. The van der Waals surface area contributed by atoms with Gasteiger partial charge in [-0.2, -0.15) is 0 Å². The molecule has 25 heavy (non-hydrogen) atoms. The van der Waals surface area contributed by atoms with Crippen molar-refractivity contribution < 1.29 is 14.3 Å². The van der Waals surface area contributed by atoms with Crippen molar-refractivity contribution in [3.63, 3.8) is 0 Å². The zero-order valence-electron chi connectivity index (χ0n) is 14.4. The van der Waals surface area contributed by atoms with Crippen LogP contribution in [0.15, 0.2) is 36.7 Å². The van der Waals surface area contributed by atoms with E-state index in [4.69, 9.17) is 21.1 Å². The highest BCUT2D eigenvalue weighted by atomic mass is 35.5. The lowest BCUT2D eigenvalue weighted by atomic mass is 10.0. The van der Waals surface area contributed by atoms with E-state index in [0.717, 1.165) is 22.2 Å². The van der Waals surface area contributed by atoms with Gasteiger partial charge in [0.25, 0.3) is 0 Å². The van der Waals surface area contributed by atoms with Gasteiger partial charge in [0.15, 0.2) is 0 Å². The third-order valence-corrected chi connectivity index (χ3v) is 4.40. The Morgan fingerprint density at radius 2 is 2.04 bits per heavy atom. The first-order chi connectivity index (χ1) is 12.0. The van der Waals surface area contributed by atoms with Crippen molar-refractivity contribution in [2.45, 2.75) is 13.5 Å². The first kappa shape index (κ1) is 17.5. The van der Waals surface area contributed by atoms with E-state index >= 15 is 0 Å². The Bertz CT molecular complexity index is 934. The van der Waals surface area contributed by atoms with E-state index in [-0.39, 0.29) is 0 Å². The number of methoxy groups -OCH3 is 2. The second-order valence-electron chi connectivity index (χ2n) is 5.80. The topological polar surface area (TPSA) is 53.4 Å². The molecule has 0 amide bonds. The van der Waals surface area contributed by atoms with Crippen molar-refractivity contribution in [3.8, 4) is 11.1 Å². The number of nitrogens with zero attached hydrogens (tertiary/aromatic N) is 2. The molecule has 0 bridgehead atoms. The van der Waals surface area contributed by atoms with Gasteiger partial charge in [-0.1, -0.05) is 23.7 Å². The summed E-state index contributed by atoms with van der Waals surface area (Å²) in [6.45, 7) is 3.11. The molecule has 5 nitrogen and oxygen atoms in total. The summed E-state index contributed by atoms with van der Waals surface area (Å²) in [7, 11) is 3.01. The van der Waals surface area contributed by atoms with Crippen LogP contribution in [0.4, 0.5) is 0 Å². The molecule has 0 spiro atoms. The molecule has 0 aliphatic heterocycles. The van der Waals surface area contributed by atoms with Crippen LogP contribution in [-0.4, -0.2) is 36.3 Å². The number of ether oxygens (including phenoxy) is 2. The van der Waals surface area contributed by atoms with Crippen LogP contribution in [0.1, 0.15) is 15.9 Å². The Hall–Kier alpha value is -2.37. The molecule has 0 atom stereocenters. The fourth-order valence-electron chi connectivity index (χ4n) is 2.84. The van der Waals surface area contributed by atoms with Gasteiger partial charge in [-0.3, -0.25) is 0 Å². The van der Waals surface area contributed by atoms with Crippen LogP contribution < -0.4 is 0 Å². The van der Waals surface area contributed by atoms with Crippen molar-refractivity contribution in [1.82, 2.24) is 9.55 Å². The molecule has 130 valence electrons. The first-order valence-electron chi connectivity index (χ1n) is 7.87. The maximum atomic E-state index is 12.3. The average molecular weight is 359 g/mol. The number of halogens is 1. The number of esters is 1. The summed E-state index contributed by atoms with van der Waals surface area (Å²) >= 11 is 6.40. The fraction of sp³-hybridized carbons (Fsp3) is 0.263. The van der Waals surface area contributed by atoms with Crippen LogP contribution in [0.25, 0.3) is 22.2 Å². The molecule has 3 rings (SSSR count). The summed E-state index contributed by atoms with van der Waals surface area (Å²) in [4.78, 5) is 16.8. The molecule has 0 aliphatic rings. The largest absolute Gasteiger partial charge is 0.465 e. The number of aromatic nitrogens is 2. The minimum absolute atomic E-state index is 0.408. The summed E-state index contributed by atoms with van der Waals surface area (Å²) < 4.78 is 12.0. The molecule has 0 saturated heterocycles. The second kappa shape index (κ2) is 7.25. The number of carbonyl (C=O) groups excluding carboxylic acids is 1. The molecule has 0 fully saturated rings. The van der Waals surface area contributed by atoms with Crippen LogP contribution in [0, 0.1) is 6.92 Å². The monoisotopic (exact) mass is 358 g/mol. The van der Waals surface area contributed by atoms with Crippen molar-refractivity contribution in [2.75, 3.05) is 20.8 Å². The molecule has 1 heterocycles. The Kier molecular flexibility index (Phi) is 5.06. The van der Waals surface area contributed by atoms with E-state index in [1.807, 2.05) is 35.8 Å². The molecule has 0 unspecified atom stereocenters. The number of fused-ring (bicyclic) bond motifs is 1. The SMILES string of the molecule is COCCn1cnc2cc(-c3ccc(C)cc3Cl)cc(C(=O)OC)c21. The van der Waals surface area contributed by atoms with Crippen molar-refractivity contribution in [3.05, 3.63) is 52.8 Å². The van der Waals surface area contributed by atoms with E-state index in [1.54, 1.807) is 19.5 Å². The third-order valence-electron chi connectivity index (χ3n) is 4.09. The van der Waals surface area contributed by atoms with Crippen LogP contribution in [0.2, 0.25) is 5.02 Å². The molecule has 2 aromatic carbocycles. The van der Waals surface area contributed by atoms with Gasteiger partial charge in [-0.25, -0.2) is 9.78 Å². The average Bonchev–Trinajstić information content (AvgIpc) is 3.01. The Morgan fingerprint density at radius 1 is 1.24 bits per heavy atom. The van der Waals surface area contributed by atoms with Gasteiger partial charge in [0.05, 0.1) is 36.6 Å². The number of rotatable bonds is 5. The predicted octanol–water partition coefficient (Wildman–Crippen LogP) is 4.10. The van der Waals surface area contributed by atoms with E-state index in [0.29, 0.717) is 29.3 Å². The summed E-state index contributed by atoms with van der Waals surface area (Å²) in [5.41, 5.74) is 4.66. The zero-order valence-corrected chi connectivity index (χ0v) is 15.1. The van der Waals surface area contributed by atoms with E-state index in [9.17, 15) is 4.79 Å². The Balaban J connectivity index is 2.21. The molecule has 0 radical (unpaired) electrons. The number of hydrogen-bond acceptors (Lipinski definition) is 4. The van der Waals surface area contributed by atoms with Crippen LogP contribution in [0.5, 0.6) is 0 Å². The molecule has 6 heteroatoms. The van der Waals surface area contributed by atoms with Crippen LogP contribution in [0.3, 0.4) is 0 Å². The standard InChI is InChI=1S/C19H19ClN2O3/c1-12-4-5-14(16(20)8-12)13-9-15(19(23)25-3)18-17(10-13)21-11-22(18)6-7-24-2/h4-5,8-11H,6-7H2,1-3H3. The lowest BCUT2D eigenvalue weighted by Crippen LogP contribution is -2.08. The van der Waals surface area contributed by atoms with Crippen molar-refractivity contribution in [1.29, 1.82) is 0 Å². The molecule has 3 aromatic rings. The maximum absolute atomic E-state index is 12.3. The quantitative estimate of drug-likeness (QED) is 0.644. The highest BCUT2D eigenvalue weighted by Gasteiger charge is 2.18. The predicted molar refractivity (Wildman–Crippen MR) is 98.1 cm³/mol. The second-order valence-corrected chi connectivity index (χ2v) is 6.20. The summed E-state index contributed by atoms with van der Waals surface area (Å²) in [5.74, 6) is -0.408. The summed E-state index contributed by atoms with van der Waals surface area (Å²) in [6.07, 6.45) is 1.71. The summed E-state index contributed by atoms with van der Waals surface area (Å²) in [6, 6.07) is 9.57. The van der Waals surface area contributed by atoms with Gasteiger partial charge in [0.2, 0.25) is 0 Å². The number of carbonyl (C=O) groups is 1. The van der Waals surface area contributed by atoms with Gasteiger partial charge >= 0.3 is 5.97 Å². The smallest absolute Gasteiger partial charge is 0.340 e. The van der Waals surface area contributed by atoms with E-state index in [1.165, 1.54) is 7.11 Å². The minimum atomic E-state index is -0.408. The summed E-state index contributed by atoms with van der Waals surface area (Å²) in [5, 5.41) is 0.633. The Labute approximate surface area is 151 Å². The molecule has 0 N–H and O–H groups in total. The fourth-order valence-corrected chi connectivity index (χ4v) is 3.19. The van der Waals surface area contributed by atoms with Gasteiger partial charge in [-0.05, 0) is 36.2 Å². The van der Waals surface area contributed by atoms with E-state index in [2.05, 4.69) is 4.98 Å². The molecule has 0 aliphatic carbocycles. The van der Waals surface area contributed by atoms with Crippen LogP contribution >= 0.6 is 11.6 Å². The number of benzene rings is 2. The normalized spacial score (nSPS) is 11.0. The Morgan fingerprint density at radius 3 is 2.72 bits per heavy atom. The van der Waals surface area contributed by atoms with Gasteiger partial charge in [-0.15, -0.1) is 0 Å². The van der Waals surface area contributed by atoms with Gasteiger partial charge in [0.1, 0.15) is 0 Å². The number of imidazole rings is 1. The highest BCUT2D eigenvalue weighted by Crippen LogP contribution is 2.33. The maximum Gasteiger partial charge on any atom is 0.340 e. The van der Waals surface area contributed by atoms with Gasteiger partial charge in [0, 0.05) is 24.2 Å². The highest BCUT2D eigenvalue weighted by molar-refractivity contribution is 6.33. The first-order valence-corrected chi connectivity index (χ1v) is 8.25. The third kappa shape index (κ3) is 3.38.